The number of pyridine rings is 1. The van der Waals surface area contributed by atoms with Crippen molar-refractivity contribution in [2.45, 2.75) is 39.5 Å². The molecule has 184 valence electrons. The summed E-state index contributed by atoms with van der Waals surface area (Å²) in [4.78, 5) is 27.0. The van der Waals surface area contributed by atoms with E-state index in [9.17, 15) is 14.4 Å². The summed E-state index contributed by atoms with van der Waals surface area (Å²) in [5.41, 5.74) is 4.51. The number of hydrogen-bond acceptors (Lipinski definition) is 5. The molecule has 37 heavy (non-hydrogen) atoms. The van der Waals surface area contributed by atoms with Crippen LogP contribution >= 0.6 is 0 Å². The van der Waals surface area contributed by atoms with Crippen LogP contribution in [0.1, 0.15) is 44.4 Å². The van der Waals surface area contributed by atoms with E-state index in [0.717, 1.165) is 34.1 Å². The Bertz CT molecular complexity index is 1590. The maximum Gasteiger partial charge on any atom is 0.176 e. The molecule has 3 atom stereocenters. The molecular formula is C31H27FN4O. The Kier molecular flexibility index (Phi) is 6.62. The van der Waals surface area contributed by atoms with Crippen molar-refractivity contribution in [3.63, 3.8) is 0 Å². The number of carbonyl (C=O) groups excluding carboxylic acids is 1. The molecule has 0 bridgehead atoms. The minimum absolute atomic E-state index is 0.0455. The minimum atomic E-state index is -0.343. The summed E-state index contributed by atoms with van der Waals surface area (Å²) in [5.74, 6) is -0.383. The number of carbonyl (C=O) groups is 1. The maximum absolute atomic E-state index is 15.0. The van der Waals surface area contributed by atoms with Gasteiger partial charge >= 0.3 is 0 Å². The van der Waals surface area contributed by atoms with Gasteiger partial charge in [0.25, 0.3) is 0 Å². The van der Waals surface area contributed by atoms with Crippen LogP contribution in [-0.4, -0.2) is 20.7 Å². The number of halogens is 1. The average Bonchev–Trinajstić information content (AvgIpc) is 2.95. The number of allylic oxidation sites excluding steroid dienone is 2. The number of aromatic nitrogens is 3. The number of fused-ring (bicyclic) bond motifs is 4. The molecule has 0 aliphatic heterocycles. The highest BCUT2D eigenvalue weighted by atomic mass is 19.1. The summed E-state index contributed by atoms with van der Waals surface area (Å²) in [6.07, 6.45) is 4.91. The summed E-state index contributed by atoms with van der Waals surface area (Å²) in [6.45, 7) is 5.89. The summed E-state index contributed by atoms with van der Waals surface area (Å²) in [6, 6.07) is 18.4. The summed E-state index contributed by atoms with van der Waals surface area (Å²) in [7, 11) is 0. The van der Waals surface area contributed by atoms with E-state index in [1.54, 1.807) is 30.5 Å². The number of Topliss-reactive ketones (excluding diaryl/α,β-unsaturated/α-hetero) is 1. The van der Waals surface area contributed by atoms with Gasteiger partial charge in [-0.1, -0.05) is 45.0 Å². The molecule has 0 spiro atoms. The van der Waals surface area contributed by atoms with Crippen molar-refractivity contribution < 1.29 is 9.18 Å². The summed E-state index contributed by atoms with van der Waals surface area (Å²) < 4.78 is 15.0. The molecule has 2 heterocycles. The van der Waals surface area contributed by atoms with Gasteiger partial charge in [-0.05, 0) is 55.2 Å². The number of rotatable bonds is 2. The van der Waals surface area contributed by atoms with Gasteiger partial charge in [-0.3, -0.25) is 9.78 Å². The van der Waals surface area contributed by atoms with Crippen molar-refractivity contribution in [2.75, 3.05) is 0 Å². The largest absolute Gasteiger partial charge is 0.293 e. The van der Waals surface area contributed by atoms with Crippen LogP contribution in [-0.2, 0) is 11.2 Å². The third-order valence-electron chi connectivity index (χ3n) is 7.32. The second-order valence-corrected chi connectivity index (χ2v) is 9.22. The molecule has 0 saturated carbocycles. The predicted octanol–water partition coefficient (Wildman–Crippen LogP) is 6.84. The number of nitrogens with zero attached hydrogens (tertiary/aromatic N) is 4. The Balaban J connectivity index is 0.00000137. The number of benzene rings is 2. The second-order valence-electron chi connectivity index (χ2n) is 9.22. The van der Waals surface area contributed by atoms with Crippen molar-refractivity contribution in [3.8, 4) is 28.7 Å². The van der Waals surface area contributed by atoms with Gasteiger partial charge in [-0.25, -0.2) is 14.4 Å². The van der Waals surface area contributed by atoms with Gasteiger partial charge in [0.05, 0.1) is 22.5 Å². The van der Waals surface area contributed by atoms with E-state index < -0.39 is 0 Å². The third-order valence-corrected chi connectivity index (χ3v) is 7.32. The van der Waals surface area contributed by atoms with Crippen molar-refractivity contribution in [1.82, 2.24) is 15.0 Å². The van der Waals surface area contributed by atoms with E-state index in [1.807, 2.05) is 51.1 Å². The highest BCUT2D eigenvalue weighted by molar-refractivity contribution is 6.01. The normalized spacial score (nSPS) is 20.1. The van der Waals surface area contributed by atoms with Gasteiger partial charge in [0.1, 0.15) is 11.9 Å². The molecule has 6 rings (SSSR count). The monoisotopic (exact) mass is 490 g/mol. The molecule has 2 aromatic carbocycles. The first kappa shape index (κ1) is 24.5. The van der Waals surface area contributed by atoms with Gasteiger partial charge < -0.3 is 0 Å². The maximum atomic E-state index is 15.0. The van der Waals surface area contributed by atoms with E-state index in [1.165, 1.54) is 6.07 Å². The molecule has 0 saturated heterocycles. The fourth-order valence-corrected chi connectivity index (χ4v) is 5.49. The molecule has 0 amide bonds. The average molecular weight is 491 g/mol. The molecule has 0 fully saturated rings. The van der Waals surface area contributed by atoms with E-state index in [4.69, 9.17) is 9.97 Å². The fraction of sp³-hybridized carbons (Fsp3) is 0.258. The quantitative estimate of drug-likeness (QED) is 0.307. The highest BCUT2D eigenvalue weighted by Crippen LogP contribution is 2.47. The van der Waals surface area contributed by atoms with E-state index in [0.29, 0.717) is 23.5 Å². The smallest absolute Gasteiger partial charge is 0.176 e. The number of nitriles is 1. The Morgan fingerprint density at radius 3 is 2.65 bits per heavy atom. The van der Waals surface area contributed by atoms with Crippen LogP contribution in [0.4, 0.5) is 4.39 Å². The minimum Gasteiger partial charge on any atom is -0.293 e. The van der Waals surface area contributed by atoms with Crippen LogP contribution in [0, 0.1) is 29.0 Å². The number of hydrogen-bond donors (Lipinski definition) is 0. The first-order valence-corrected chi connectivity index (χ1v) is 12.7. The van der Waals surface area contributed by atoms with Crippen molar-refractivity contribution in [1.29, 1.82) is 5.26 Å². The van der Waals surface area contributed by atoms with Gasteiger partial charge in [0.15, 0.2) is 11.6 Å². The Morgan fingerprint density at radius 1 is 1.05 bits per heavy atom. The molecular weight excluding hydrogens is 463 g/mol. The van der Waals surface area contributed by atoms with E-state index >= 15 is 0 Å². The number of ketones is 1. The molecule has 3 unspecified atom stereocenters. The third kappa shape index (κ3) is 4.21. The zero-order valence-electron chi connectivity index (χ0n) is 21.1. The lowest BCUT2D eigenvalue weighted by Gasteiger charge is -2.38. The van der Waals surface area contributed by atoms with Crippen molar-refractivity contribution in [2.24, 2.45) is 11.8 Å². The fourth-order valence-electron chi connectivity index (χ4n) is 5.49. The molecule has 2 aliphatic rings. The van der Waals surface area contributed by atoms with Crippen LogP contribution in [0.3, 0.4) is 0 Å². The predicted molar refractivity (Wildman–Crippen MR) is 142 cm³/mol. The second kappa shape index (κ2) is 10.0. The summed E-state index contributed by atoms with van der Waals surface area (Å²) in [5, 5.41) is 10.6. The van der Waals surface area contributed by atoms with Gasteiger partial charge in [-0.2, -0.15) is 5.26 Å². The lowest BCUT2D eigenvalue weighted by Crippen LogP contribution is -2.35. The standard InChI is InChI=1S/C29H21FN4O.C2H6/c1-16-20-9-10-22-26(21-6-2-3-7-24(21)30)33-29(18-8-11-25-17(13-18)5-4-12-32-25)34-27(22)23(20)14-19(15-31)28(16)35;1-2/h2-8,11-14,16,20,23H,9-10H2,1H3;1-2H3. The van der Waals surface area contributed by atoms with Crippen molar-refractivity contribution >= 4 is 16.7 Å². The first-order valence-electron chi connectivity index (χ1n) is 12.7. The van der Waals surface area contributed by atoms with Crippen LogP contribution in [0.2, 0.25) is 0 Å². The topological polar surface area (TPSA) is 79.5 Å². The molecule has 0 radical (unpaired) electrons. The van der Waals surface area contributed by atoms with Gasteiger partial charge in [0.2, 0.25) is 0 Å². The SMILES string of the molecule is CC.CC1C(=O)C(C#N)=CC2c3nc(-c4ccc5ncccc5c4)nc(-c4ccccc4F)c3CCC12. The van der Waals surface area contributed by atoms with E-state index in [2.05, 4.69) is 11.1 Å². The Morgan fingerprint density at radius 2 is 1.86 bits per heavy atom. The van der Waals surface area contributed by atoms with Crippen molar-refractivity contribution in [3.05, 3.63) is 89.5 Å². The zero-order valence-corrected chi connectivity index (χ0v) is 21.1. The molecule has 6 heteroatoms. The van der Waals surface area contributed by atoms with Crippen LogP contribution in [0.15, 0.2) is 72.4 Å². The van der Waals surface area contributed by atoms with Gasteiger partial charge in [-0.15, -0.1) is 0 Å². The Labute approximate surface area is 215 Å². The van der Waals surface area contributed by atoms with Gasteiger partial charge in [0, 0.05) is 40.1 Å². The van der Waals surface area contributed by atoms with Crippen LogP contribution in [0.5, 0.6) is 0 Å². The lowest BCUT2D eigenvalue weighted by molar-refractivity contribution is -0.120. The van der Waals surface area contributed by atoms with E-state index in [-0.39, 0.29) is 34.9 Å². The highest BCUT2D eigenvalue weighted by Gasteiger charge is 2.42. The first-order chi connectivity index (χ1) is 18.0. The molecule has 2 aromatic heterocycles. The lowest BCUT2D eigenvalue weighted by atomic mass is 9.66. The molecule has 2 aliphatic carbocycles. The molecule has 0 N–H and O–H groups in total. The summed E-state index contributed by atoms with van der Waals surface area (Å²) >= 11 is 0. The zero-order chi connectivity index (χ0) is 26.1. The molecule has 5 nitrogen and oxygen atoms in total. The Hall–Kier alpha value is -4.24. The van der Waals surface area contributed by atoms with Crippen LogP contribution in [0.25, 0.3) is 33.5 Å². The van der Waals surface area contributed by atoms with Crippen LogP contribution < -0.4 is 0 Å². The molecule has 4 aromatic rings.